The van der Waals surface area contributed by atoms with E-state index < -0.39 is 0 Å². The number of nitrogens with zero attached hydrogens (tertiary/aromatic N) is 3. The summed E-state index contributed by atoms with van der Waals surface area (Å²) in [5.74, 6) is 2.46. The van der Waals surface area contributed by atoms with Gasteiger partial charge in [0, 0.05) is 18.0 Å². The minimum atomic E-state index is 0.807. The van der Waals surface area contributed by atoms with Crippen LogP contribution in [0, 0.1) is 0 Å². The molecule has 5 rings (SSSR count). The molecule has 1 heterocycles. The van der Waals surface area contributed by atoms with Crippen LogP contribution in [0.3, 0.4) is 0 Å². The van der Waals surface area contributed by atoms with Crippen molar-refractivity contribution in [3.8, 4) is 22.9 Å². The Morgan fingerprint density at radius 2 is 1.20 bits per heavy atom. The quantitative estimate of drug-likeness (QED) is 0.273. The van der Waals surface area contributed by atoms with Crippen molar-refractivity contribution in [1.29, 1.82) is 0 Å². The van der Waals surface area contributed by atoms with E-state index in [9.17, 15) is 0 Å². The fraction of sp³-hybridized carbons (Fsp3) is 0.0690. The molecule has 0 fully saturated rings. The molecule has 6 nitrogen and oxygen atoms in total. The van der Waals surface area contributed by atoms with E-state index >= 15 is 0 Å². The summed E-state index contributed by atoms with van der Waals surface area (Å²) in [7, 11) is 3.31. The smallest absolute Gasteiger partial charge is 0.138 e. The lowest BCUT2D eigenvalue weighted by Crippen LogP contribution is -1.84. The Hall–Kier alpha value is -4.71. The largest absolute Gasteiger partial charge is 0.497 e. The Labute approximate surface area is 203 Å². The van der Waals surface area contributed by atoms with Crippen molar-refractivity contribution in [2.45, 2.75) is 0 Å². The van der Waals surface area contributed by atoms with Crippen LogP contribution < -0.4 is 9.47 Å². The molecule has 1 aromatic heterocycles. The molecule has 172 valence electrons. The lowest BCUT2D eigenvalue weighted by molar-refractivity contribution is 0.414. The lowest BCUT2D eigenvalue weighted by Gasteiger charge is -2.00. The highest BCUT2D eigenvalue weighted by atomic mass is 16.5. The highest BCUT2D eigenvalue weighted by Crippen LogP contribution is 2.26. The summed E-state index contributed by atoms with van der Waals surface area (Å²) >= 11 is 0. The number of ether oxygens (including phenoxy) is 2. The molecule has 1 N–H and O–H groups in total. The van der Waals surface area contributed by atoms with Gasteiger partial charge >= 0.3 is 0 Å². The number of aromatic nitrogens is 2. The molecule has 0 saturated heterocycles. The van der Waals surface area contributed by atoms with Gasteiger partial charge in [0.1, 0.15) is 17.3 Å². The van der Waals surface area contributed by atoms with Gasteiger partial charge in [-0.05, 0) is 102 Å². The van der Waals surface area contributed by atoms with E-state index in [-0.39, 0.29) is 0 Å². The van der Waals surface area contributed by atoms with Crippen LogP contribution in [0.1, 0.15) is 11.1 Å². The molecule has 0 amide bonds. The molecule has 0 saturated carbocycles. The average molecular weight is 461 g/mol. The number of rotatable bonds is 7. The van der Waals surface area contributed by atoms with Crippen molar-refractivity contribution >= 4 is 34.8 Å². The summed E-state index contributed by atoms with van der Waals surface area (Å²) in [4.78, 5) is 17.3. The van der Waals surface area contributed by atoms with Gasteiger partial charge in [-0.25, -0.2) is 4.98 Å². The predicted octanol–water partition coefficient (Wildman–Crippen LogP) is 6.75. The molecule has 6 heteroatoms. The number of hydrogen-bond donors (Lipinski definition) is 1. The highest BCUT2D eigenvalue weighted by molar-refractivity contribution is 5.86. The van der Waals surface area contributed by atoms with Gasteiger partial charge in [-0.15, -0.1) is 0 Å². The SMILES string of the molecule is COc1ccc(C=Nc2ccc(-c3nc4ccc(N=Cc5ccc(OC)cc5)cc4[nH]3)cc2)cc1. The van der Waals surface area contributed by atoms with Crippen LogP contribution in [-0.2, 0) is 0 Å². The van der Waals surface area contributed by atoms with E-state index in [1.807, 2.05) is 103 Å². The zero-order valence-corrected chi connectivity index (χ0v) is 19.5. The summed E-state index contributed by atoms with van der Waals surface area (Å²) in [6, 6.07) is 29.5. The predicted molar refractivity (Wildman–Crippen MR) is 142 cm³/mol. The number of H-pyrrole nitrogens is 1. The second-order valence-corrected chi connectivity index (χ2v) is 7.90. The van der Waals surface area contributed by atoms with Crippen molar-refractivity contribution in [3.63, 3.8) is 0 Å². The normalized spacial score (nSPS) is 11.5. The minimum Gasteiger partial charge on any atom is -0.497 e. The summed E-state index contributed by atoms with van der Waals surface area (Å²) in [5, 5.41) is 0. The van der Waals surface area contributed by atoms with Gasteiger partial charge in [-0.2, -0.15) is 0 Å². The standard InChI is InChI=1S/C29H24N4O2/c1-34-25-12-3-20(4-13-25)18-30-23-9-7-22(8-10-23)29-32-27-16-11-24(17-28(27)33-29)31-19-21-5-14-26(35-2)15-6-21/h3-19H,1-2H3,(H,32,33). The Kier molecular flexibility index (Phi) is 6.35. The van der Waals surface area contributed by atoms with E-state index in [4.69, 9.17) is 14.5 Å². The third kappa shape index (κ3) is 5.28. The van der Waals surface area contributed by atoms with E-state index in [2.05, 4.69) is 15.0 Å². The number of benzene rings is 4. The van der Waals surface area contributed by atoms with Gasteiger partial charge in [0.15, 0.2) is 0 Å². The van der Waals surface area contributed by atoms with Crippen molar-refractivity contribution in [2.24, 2.45) is 9.98 Å². The fourth-order valence-corrected chi connectivity index (χ4v) is 3.60. The number of imidazole rings is 1. The number of aliphatic imine (C=N–C) groups is 2. The van der Waals surface area contributed by atoms with E-state index in [1.54, 1.807) is 14.2 Å². The zero-order chi connectivity index (χ0) is 24.0. The average Bonchev–Trinajstić information content (AvgIpc) is 3.35. The Bertz CT molecular complexity index is 1480. The maximum absolute atomic E-state index is 5.20. The van der Waals surface area contributed by atoms with Crippen LogP contribution in [0.15, 0.2) is 101 Å². The number of nitrogens with one attached hydrogen (secondary N) is 1. The van der Waals surface area contributed by atoms with Crippen molar-refractivity contribution in [3.05, 3.63) is 102 Å². The van der Waals surface area contributed by atoms with Gasteiger partial charge < -0.3 is 14.5 Å². The number of hydrogen-bond acceptors (Lipinski definition) is 5. The van der Waals surface area contributed by atoms with Gasteiger partial charge in [0.05, 0.1) is 36.6 Å². The fourth-order valence-electron chi connectivity index (χ4n) is 3.60. The van der Waals surface area contributed by atoms with Gasteiger partial charge in [0.2, 0.25) is 0 Å². The maximum Gasteiger partial charge on any atom is 0.138 e. The molecule has 0 spiro atoms. The summed E-state index contributed by atoms with van der Waals surface area (Å²) < 4.78 is 10.4. The lowest BCUT2D eigenvalue weighted by atomic mass is 10.2. The maximum atomic E-state index is 5.20. The first-order valence-electron chi connectivity index (χ1n) is 11.2. The van der Waals surface area contributed by atoms with E-state index in [1.165, 1.54) is 0 Å². The van der Waals surface area contributed by atoms with E-state index in [0.717, 1.165) is 56.4 Å². The van der Waals surface area contributed by atoms with Crippen molar-refractivity contribution < 1.29 is 9.47 Å². The third-order valence-electron chi connectivity index (χ3n) is 5.56. The summed E-state index contributed by atoms with van der Waals surface area (Å²) in [5.41, 5.74) is 6.56. The first-order chi connectivity index (χ1) is 17.2. The highest BCUT2D eigenvalue weighted by Gasteiger charge is 2.06. The molecule has 0 aliphatic carbocycles. The molecule has 0 bridgehead atoms. The van der Waals surface area contributed by atoms with Crippen molar-refractivity contribution in [1.82, 2.24) is 9.97 Å². The molecule has 0 atom stereocenters. The van der Waals surface area contributed by atoms with Gasteiger partial charge in [0.25, 0.3) is 0 Å². The Morgan fingerprint density at radius 1 is 0.657 bits per heavy atom. The zero-order valence-electron chi connectivity index (χ0n) is 19.5. The monoisotopic (exact) mass is 460 g/mol. The van der Waals surface area contributed by atoms with Crippen LogP contribution in [0.4, 0.5) is 11.4 Å². The summed E-state index contributed by atoms with van der Waals surface area (Å²) in [6.45, 7) is 0. The topological polar surface area (TPSA) is 71.9 Å². The van der Waals surface area contributed by atoms with Crippen LogP contribution in [0.2, 0.25) is 0 Å². The molecule has 0 aliphatic heterocycles. The van der Waals surface area contributed by atoms with Gasteiger partial charge in [-0.3, -0.25) is 9.98 Å². The van der Waals surface area contributed by atoms with Crippen LogP contribution in [0.25, 0.3) is 22.4 Å². The summed E-state index contributed by atoms with van der Waals surface area (Å²) in [6.07, 6.45) is 3.67. The first kappa shape index (κ1) is 22.1. The molecule has 0 radical (unpaired) electrons. The molecule has 0 unspecified atom stereocenters. The minimum absolute atomic E-state index is 0.807. The van der Waals surface area contributed by atoms with Crippen molar-refractivity contribution in [2.75, 3.05) is 14.2 Å². The Morgan fingerprint density at radius 3 is 1.77 bits per heavy atom. The van der Waals surface area contributed by atoms with Crippen LogP contribution in [-0.4, -0.2) is 36.6 Å². The van der Waals surface area contributed by atoms with E-state index in [0.29, 0.717) is 0 Å². The van der Waals surface area contributed by atoms with Crippen LogP contribution >= 0.6 is 0 Å². The molecule has 5 aromatic rings. The molecule has 0 aliphatic rings. The van der Waals surface area contributed by atoms with Gasteiger partial charge in [-0.1, -0.05) is 0 Å². The Balaban J connectivity index is 1.30. The molecular formula is C29H24N4O2. The third-order valence-corrected chi connectivity index (χ3v) is 5.56. The molecule has 4 aromatic carbocycles. The first-order valence-corrected chi connectivity index (χ1v) is 11.2. The number of fused-ring (bicyclic) bond motifs is 1. The second-order valence-electron chi connectivity index (χ2n) is 7.90. The number of methoxy groups -OCH3 is 2. The second kappa shape index (κ2) is 10.1. The number of aromatic amines is 1. The molecule has 35 heavy (non-hydrogen) atoms. The molecular weight excluding hydrogens is 436 g/mol. The van der Waals surface area contributed by atoms with Crippen LogP contribution in [0.5, 0.6) is 11.5 Å².